The van der Waals surface area contributed by atoms with E-state index in [1.54, 1.807) is 0 Å². The average molecular weight is 1050 g/mol. The van der Waals surface area contributed by atoms with Crippen molar-refractivity contribution in [1.82, 2.24) is 14.5 Å². The van der Waals surface area contributed by atoms with Gasteiger partial charge in [-0.05, 0) is 99.5 Å². The fourth-order valence-corrected chi connectivity index (χ4v) is 11.0. The largest absolute Gasteiger partial charge is 0 e. The zero-order valence-corrected chi connectivity index (χ0v) is 40.9. The van der Waals surface area contributed by atoms with Gasteiger partial charge in [0.1, 0.15) is 0 Å². The summed E-state index contributed by atoms with van der Waals surface area (Å²) in [6, 6.07) is 43.5. The summed E-state index contributed by atoms with van der Waals surface area (Å²) in [6.45, 7) is 10.4. The van der Waals surface area contributed by atoms with Crippen LogP contribution in [-0.4, -0.2) is 27.8 Å². The van der Waals surface area contributed by atoms with Gasteiger partial charge in [-0.1, -0.05) is 87.2 Å². The maximum atomic E-state index is 9.40. The number of pyridine rings is 1. The number of hydrogen-bond acceptors (Lipinski definition) is 3. The maximum Gasteiger partial charge on any atom is 0 e. The molecular weight excluding hydrogens is 988 g/mol. The van der Waals surface area contributed by atoms with Crippen LogP contribution in [0.25, 0.3) is 70.7 Å². The smallest absolute Gasteiger partial charge is 0 e. The first-order valence-electron chi connectivity index (χ1n) is 23.2. The average Bonchev–Trinajstić information content (AvgIpc) is 3.80. The SMILES string of the molecule is [2H]C(C)(C)c1cc(-c2ccccc2)cc(C(C)C)c1-n1c(-c2[c-]ccc3c2sc2cc(C)c(C)cc23)nc2ccccc21.[2H]c1[c-]c(-c2cc[c]([Ge]([CH3])([CH3])[CH3])cn2)cc([2H])c1C([2H])([2H])[2H].[Ir]. The number of hydrogen-bond donors (Lipinski definition) is 0. The van der Waals surface area contributed by atoms with E-state index in [1.807, 2.05) is 55.6 Å². The van der Waals surface area contributed by atoms with Crippen molar-refractivity contribution >= 4 is 60.2 Å². The molecular formula is C54H53GeIrN3S-2. The summed E-state index contributed by atoms with van der Waals surface area (Å²) in [6.07, 6.45) is 1.84. The Bertz CT molecular complexity index is 3210. The molecule has 0 atom stereocenters. The zero-order chi connectivity index (χ0) is 46.7. The Balaban J connectivity index is 0.000000239. The fraction of sp³-hybridized carbons (Fsp3) is 0.222. The van der Waals surface area contributed by atoms with Gasteiger partial charge in [0, 0.05) is 31.9 Å². The normalized spacial score (nSPS) is 13.5. The van der Waals surface area contributed by atoms with Crippen molar-refractivity contribution in [3.8, 4) is 39.5 Å². The quantitative estimate of drug-likeness (QED) is 0.118. The predicted octanol–water partition coefficient (Wildman–Crippen LogP) is 14.8. The van der Waals surface area contributed by atoms with Gasteiger partial charge in [0.2, 0.25) is 0 Å². The van der Waals surface area contributed by atoms with Crippen LogP contribution in [0.5, 0.6) is 0 Å². The Morgan fingerprint density at radius 1 is 0.800 bits per heavy atom. The summed E-state index contributed by atoms with van der Waals surface area (Å²) >= 11 is -0.113. The summed E-state index contributed by atoms with van der Waals surface area (Å²) in [5.74, 6) is 7.07. The van der Waals surface area contributed by atoms with E-state index in [-0.39, 0.29) is 43.7 Å². The summed E-state index contributed by atoms with van der Waals surface area (Å²) < 4.78 is 53.4. The minimum absolute atomic E-state index is 0. The number of aromatic nitrogens is 3. The maximum absolute atomic E-state index is 9.40. The summed E-state index contributed by atoms with van der Waals surface area (Å²) in [4.78, 5) is 9.69. The van der Waals surface area contributed by atoms with Crippen LogP contribution in [0.2, 0.25) is 17.3 Å². The first kappa shape index (κ1) is 36.0. The van der Waals surface area contributed by atoms with E-state index in [0.29, 0.717) is 11.3 Å². The molecule has 0 N–H and O–H groups in total. The van der Waals surface area contributed by atoms with Crippen LogP contribution < -0.4 is 4.40 Å². The van der Waals surface area contributed by atoms with E-state index < -0.39 is 26.0 Å². The van der Waals surface area contributed by atoms with Gasteiger partial charge in [-0.25, -0.2) is 0 Å². The second-order valence-electron chi connectivity index (χ2n) is 16.9. The molecule has 3 heterocycles. The van der Waals surface area contributed by atoms with Gasteiger partial charge in [0.25, 0.3) is 0 Å². The summed E-state index contributed by atoms with van der Waals surface area (Å²) in [7, 11) is 0. The molecule has 1 radical (unpaired) electrons. The number of fused-ring (bicyclic) bond motifs is 4. The van der Waals surface area contributed by atoms with Crippen LogP contribution in [0.3, 0.4) is 0 Å². The van der Waals surface area contributed by atoms with E-state index in [2.05, 4.69) is 146 Å². The molecule has 9 rings (SSSR count). The molecule has 0 unspecified atom stereocenters. The number of para-hydroxylation sites is 2. The molecule has 305 valence electrons. The Morgan fingerprint density at radius 3 is 2.22 bits per heavy atom. The van der Waals surface area contributed by atoms with Crippen molar-refractivity contribution in [3.05, 3.63) is 167 Å². The molecule has 0 saturated heterocycles. The summed E-state index contributed by atoms with van der Waals surface area (Å²) in [5, 5.41) is 2.52. The van der Waals surface area contributed by atoms with Gasteiger partial charge in [0.15, 0.2) is 0 Å². The predicted molar refractivity (Wildman–Crippen MR) is 258 cm³/mol. The van der Waals surface area contributed by atoms with E-state index in [4.69, 9.17) is 11.8 Å². The molecule has 0 aliphatic rings. The zero-order valence-electron chi connectivity index (χ0n) is 41.6. The Kier molecular flexibility index (Phi) is 10.7. The van der Waals surface area contributed by atoms with E-state index in [9.17, 15) is 1.37 Å². The van der Waals surface area contributed by atoms with Crippen LogP contribution in [0.1, 0.15) is 75.5 Å². The third-order valence-corrected chi connectivity index (χ3v) is 16.5. The Hall–Kier alpha value is -4.65. The number of rotatable bonds is 7. The van der Waals surface area contributed by atoms with Crippen LogP contribution >= 0.6 is 11.3 Å². The molecule has 3 aromatic heterocycles. The first-order valence-corrected chi connectivity index (χ1v) is 28.3. The minimum Gasteiger partial charge on any atom is 0 e. The van der Waals surface area contributed by atoms with Gasteiger partial charge in [-0.15, -0.1) is 18.2 Å². The number of benzene rings is 6. The fourth-order valence-electron chi connectivity index (χ4n) is 7.59. The van der Waals surface area contributed by atoms with Crippen molar-refractivity contribution in [2.75, 3.05) is 0 Å². The monoisotopic (exact) mass is 1050 g/mol. The van der Waals surface area contributed by atoms with Crippen molar-refractivity contribution < 1.29 is 28.3 Å². The topological polar surface area (TPSA) is 30.7 Å². The molecule has 0 bridgehead atoms. The Morgan fingerprint density at radius 2 is 1.53 bits per heavy atom. The number of imidazole rings is 1. The van der Waals surface area contributed by atoms with Crippen molar-refractivity contribution in [1.29, 1.82) is 0 Å². The third-order valence-electron chi connectivity index (χ3n) is 11.1. The van der Waals surface area contributed by atoms with E-state index >= 15 is 0 Å². The molecule has 0 aliphatic heterocycles. The van der Waals surface area contributed by atoms with Gasteiger partial charge in [-0.2, -0.15) is 11.3 Å². The molecule has 0 saturated carbocycles. The van der Waals surface area contributed by atoms with Gasteiger partial charge >= 0.3 is 113 Å². The second-order valence-corrected chi connectivity index (χ2v) is 28.6. The van der Waals surface area contributed by atoms with Crippen LogP contribution in [0, 0.1) is 32.8 Å². The Labute approximate surface area is 385 Å². The second kappa shape index (κ2) is 17.8. The third kappa shape index (κ3) is 8.61. The van der Waals surface area contributed by atoms with E-state index in [0.717, 1.165) is 44.8 Å². The molecule has 0 fully saturated rings. The minimum atomic E-state index is -2.47. The molecule has 0 spiro atoms. The molecule has 3 nitrogen and oxygen atoms in total. The van der Waals surface area contributed by atoms with Gasteiger partial charge in [-0.3, -0.25) is 4.98 Å². The van der Waals surface area contributed by atoms with Gasteiger partial charge < -0.3 is 4.57 Å². The molecule has 60 heavy (non-hydrogen) atoms. The standard InChI is InChI=1S/C39H35N2S.C15H18GeN.Ir/c1-23(2)31-21-28(27-13-8-7-9-14-27)22-32(24(3)4)37(31)41-35-18-11-10-17-34(35)40-39(41)30-16-12-15-29-33-19-25(5)26(6)20-36(33)42-38(29)30;1-12-5-7-13(8-6-12)15-10-9-14(11-17-15)16(2,3)4;/h7-15,17-24H,1-6H3;5-7,9-11H,1-4H3;/q2*-1;/i23D;1D3,5D,6D;. The van der Waals surface area contributed by atoms with Crippen molar-refractivity contribution in [2.24, 2.45) is 0 Å². The first-order chi connectivity index (χ1) is 30.6. The molecule has 0 amide bonds. The van der Waals surface area contributed by atoms with Crippen LogP contribution in [0.4, 0.5) is 0 Å². The molecule has 9 aromatic rings. The number of nitrogens with zero attached hydrogens (tertiary/aromatic N) is 3. The number of aryl methyl sites for hydroxylation is 2. The molecule has 6 aromatic carbocycles. The van der Waals surface area contributed by atoms with Crippen LogP contribution in [0.15, 0.2) is 127 Å². The van der Waals surface area contributed by atoms with Crippen molar-refractivity contribution in [2.45, 2.75) is 77.5 Å². The number of thiophene rings is 1. The van der Waals surface area contributed by atoms with Crippen LogP contribution in [-0.2, 0) is 20.1 Å². The molecule has 6 heteroatoms. The van der Waals surface area contributed by atoms with E-state index in [1.165, 1.54) is 47.3 Å². The summed E-state index contributed by atoms with van der Waals surface area (Å²) in [5.41, 5.74) is 11.9. The van der Waals surface area contributed by atoms with Gasteiger partial charge in [0.05, 0.1) is 16.9 Å². The van der Waals surface area contributed by atoms with Crippen molar-refractivity contribution in [3.63, 3.8) is 0 Å². The molecule has 0 aliphatic carbocycles.